The summed E-state index contributed by atoms with van der Waals surface area (Å²) in [6.45, 7) is 7.49. The van der Waals surface area contributed by atoms with Crippen LogP contribution in [0.5, 0.6) is 5.75 Å². The van der Waals surface area contributed by atoms with E-state index in [-0.39, 0.29) is 5.82 Å². The second-order valence-electron chi connectivity index (χ2n) is 9.79. The number of benzene rings is 1. The molecule has 2 aromatic heterocycles. The molecular formula is C30H43FN4O2S. The van der Waals surface area contributed by atoms with Gasteiger partial charge in [0.15, 0.2) is 0 Å². The van der Waals surface area contributed by atoms with E-state index in [1.54, 1.807) is 18.7 Å². The van der Waals surface area contributed by atoms with Gasteiger partial charge in [0.05, 0.1) is 13.2 Å². The van der Waals surface area contributed by atoms with Gasteiger partial charge in [0.25, 0.3) is 0 Å². The number of halogens is 1. The molecule has 8 heteroatoms. The van der Waals surface area contributed by atoms with Crippen molar-refractivity contribution in [2.24, 2.45) is 17.8 Å². The second-order valence-corrected chi connectivity index (χ2v) is 10.7. The largest absolute Gasteiger partial charge is 0.493 e. The van der Waals surface area contributed by atoms with Crippen molar-refractivity contribution in [1.82, 2.24) is 20.2 Å². The third kappa shape index (κ3) is 9.70. The molecule has 208 valence electrons. The number of aryl methyl sites for hydroxylation is 1. The van der Waals surface area contributed by atoms with Crippen LogP contribution in [0.25, 0.3) is 0 Å². The summed E-state index contributed by atoms with van der Waals surface area (Å²) < 4.78 is 25.5. The summed E-state index contributed by atoms with van der Waals surface area (Å²) in [6.07, 6.45) is 13.6. The molecule has 1 aliphatic rings. The highest BCUT2D eigenvalue weighted by Crippen LogP contribution is 2.49. The molecule has 3 aromatic rings. The molecule has 1 unspecified atom stereocenters. The molecule has 6 nitrogen and oxygen atoms in total. The lowest BCUT2D eigenvalue weighted by atomic mass is 9.90. The molecule has 38 heavy (non-hydrogen) atoms. The van der Waals surface area contributed by atoms with Crippen molar-refractivity contribution < 1.29 is 13.9 Å². The molecule has 0 N–H and O–H groups in total. The van der Waals surface area contributed by atoms with E-state index in [9.17, 15) is 4.39 Å². The minimum atomic E-state index is -0.244. The lowest BCUT2D eigenvalue weighted by molar-refractivity contribution is 0.184. The topological polar surface area (TPSA) is 70.0 Å². The Morgan fingerprint density at radius 3 is 2.63 bits per heavy atom. The van der Waals surface area contributed by atoms with E-state index in [0.717, 1.165) is 53.4 Å². The van der Waals surface area contributed by atoms with Crippen molar-refractivity contribution in [3.05, 3.63) is 63.9 Å². The predicted octanol–water partition coefficient (Wildman–Crippen LogP) is 7.46. The summed E-state index contributed by atoms with van der Waals surface area (Å²) in [6, 6.07) is 5.15. The Morgan fingerprint density at radius 2 is 1.95 bits per heavy atom. The summed E-state index contributed by atoms with van der Waals surface area (Å²) in [7, 11) is 1.68. The number of hydrogen-bond acceptors (Lipinski definition) is 7. The van der Waals surface area contributed by atoms with Crippen LogP contribution in [0, 0.1) is 23.6 Å². The first kappa shape index (κ1) is 30.1. The van der Waals surface area contributed by atoms with E-state index in [0.29, 0.717) is 30.9 Å². The van der Waals surface area contributed by atoms with Gasteiger partial charge in [-0.15, -0.1) is 21.5 Å². The van der Waals surface area contributed by atoms with Gasteiger partial charge in [0.1, 0.15) is 27.9 Å². The summed E-state index contributed by atoms with van der Waals surface area (Å²) in [5.74, 6) is 3.62. The van der Waals surface area contributed by atoms with Crippen LogP contribution in [-0.4, -0.2) is 33.9 Å². The summed E-state index contributed by atoms with van der Waals surface area (Å²) >= 11 is 1.44. The monoisotopic (exact) mass is 542 g/mol. The molecule has 0 bridgehead atoms. The normalized spacial score (nSPS) is 17.0. The van der Waals surface area contributed by atoms with Crippen molar-refractivity contribution in [1.29, 1.82) is 0 Å². The average molecular weight is 543 g/mol. The molecule has 0 aliphatic heterocycles. The average Bonchev–Trinajstić information content (AvgIpc) is 3.51. The Labute approximate surface area is 231 Å². The molecule has 0 spiro atoms. The van der Waals surface area contributed by atoms with E-state index in [2.05, 4.69) is 27.1 Å². The third-order valence-corrected chi connectivity index (χ3v) is 7.76. The summed E-state index contributed by atoms with van der Waals surface area (Å²) in [5, 5.41) is 8.62. The smallest absolute Gasteiger partial charge is 0.130 e. The molecule has 1 aromatic carbocycles. The van der Waals surface area contributed by atoms with Gasteiger partial charge in [-0.3, -0.25) is 0 Å². The zero-order valence-electron chi connectivity index (χ0n) is 23.4. The zero-order valence-corrected chi connectivity index (χ0v) is 24.2. The van der Waals surface area contributed by atoms with E-state index in [1.807, 2.05) is 32.3 Å². The van der Waals surface area contributed by atoms with Crippen molar-refractivity contribution in [3.63, 3.8) is 0 Å². The molecule has 1 aliphatic carbocycles. The number of aromatic nitrogens is 4. The first-order valence-corrected chi connectivity index (χ1v) is 15.0. The highest BCUT2D eigenvalue weighted by Gasteiger charge is 2.41. The molecule has 1 saturated carbocycles. The first-order valence-electron chi connectivity index (χ1n) is 14.1. The van der Waals surface area contributed by atoms with Gasteiger partial charge < -0.3 is 9.47 Å². The van der Waals surface area contributed by atoms with Crippen LogP contribution in [-0.2, 0) is 24.2 Å². The van der Waals surface area contributed by atoms with Crippen LogP contribution in [0.1, 0.15) is 87.7 Å². The van der Waals surface area contributed by atoms with Gasteiger partial charge in [-0.25, -0.2) is 14.4 Å². The van der Waals surface area contributed by atoms with Crippen molar-refractivity contribution in [2.75, 3.05) is 13.7 Å². The lowest BCUT2D eigenvalue weighted by Gasteiger charge is -2.16. The molecule has 0 radical (unpaired) electrons. The predicted molar refractivity (Wildman–Crippen MR) is 151 cm³/mol. The SMILES string of the molecule is CC.CCCC(CCCCc1ncc(COC)cn1)[C@H]1C[C@H]1CCOc1ccc(Cc2nncs2)c(F)c1. The number of ether oxygens (including phenoxy) is 2. The van der Waals surface area contributed by atoms with Gasteiger partial charge in [0.2, 0.25) is 0 Å². The highest BCUT2D eigenvalue weighted by atomic mass is 32.1. The number of rotatable bonds is 16. The number of hydrogen-bond donors (Lipinski definition) is 0. The molecule has 3 atom stereocenters. The minimum absolute atomic E-state index is 0.244. The standard InChI is InChI=1S/C28H37FN4O2S.C2H6/c1-3-6-21(7-4-5-8-27-30-16-20(17-31-27)18-34-2)25-13-22(25)11-12-35-24-10-9-23(26(29)15-24)14-28-33-32-19-36-28;1-2/h9-10,15-17,19,21-22,25H,3-8,11-14,18H2,1-2H3;1-2H3/t21?,22-,25-;/m1./s1. The Balaban J connectivity index is 0.00000195. The van der Waals surface area contributed by atoms with Gasteiger partial charge in [-0.1, -0.05) is 52.5 Å². The third-order valence-electron chi connectivity index (χ3n) is 7.07. The lowest BCUT2D eigenvalue weighted by Crippen LogP contribution is -2.07. The molecular weight excluding hydrogens is 499 g/mol. The Hall–Kier alpha value is -2.45. The van der Waals surface area contributed by atoms with E-state index in [1.165, 1.54) is 49.5 Å². The van der Waals surface area contributed by atoms with E-state index < -0.39 is 0 Å². The molecule has 0 saturated heterocycles. The van der Waals surface area contributed by atoms with Crippen molar-refractivity contribution in [3.8, 4) is 5.75 Å². The van der Waals surface area contributed by atoms with Crippen LogP contribution in [0.3, 0.4) is 0 Å². The van der Waals surface area contributed by atoms with Gasteiger partial charge in [-0.2, -0.15) is 0 Å². The van der Waals surface area contributed by atoms with Crippen LogP contribution in [0.15, 0.2) is 36.1 Å². The van der Waals surface area contributed by atoms with E-state index in [4.69, 9.17) is 9.47 Å². The maximum absolute atomic E-state index is 14.5. The maximum Gasteiger partial charge on any atom is 0.130 e. The number of nitrogens with zero attached hydrogens (tertiary/aromatic N) is 4. The Bertz CT molecular complexity index is 1050. The van der Waals surface area contributed by atoms with Crippen LogP contribution < -0.4 is 4.74 Å². The Morgan fingerprint density at radius 1 is 1.13 bits per heavy atom. The summed E-state index contributed by atoms with van der Waals surface area (Å²) in [5.41, 5.74) is 3.30. The number of unbranched alkanes of at least 4 members (excludes halogenated alkanes) is 1. The minimum Gasteiger partial charge on any atom is -0.493 e. The fourth-order valence-corrected chi connectivity index (χ4v) is 5.64. The van der Waals surface area contributed by atoms with Crippen LogP contribution in [0.2, 0.25) is 0 Å². The number of methoxy groups -OCH3 is 1. The van der Waals surface area contributed by atoms with Gasteiger partial charge >= 0.3 is 0 Å². The molecule has 2 heterocycles. The maximum atomic E-state index is 14.5. The summed E-state index contributed by atoms with van der Waals surface area (Å²) in [4.78, 5) is 8.92. The van der Waals surface area contributed by atoms with Crippen LogP contribution in [0.4, 0.5) is 4.39 Å². The van der Waals surface area contributed by atoms with Gasteiger partial charge in [-0.05, 0) is 48.6 Å². The molecule has 4 rings (SSSR count). The Kier molecular flexibility index (Phi) is 13.1. The van der Waals surface area contributed by atoms with Crippen LogP contribution >= 0.6 is 11.3 Å². The van der Waals surface area contributed by atoms with Crippen molar-refractivity contribution >= 4 is 11.3 Å². The molecule has 1 fully saturated rings. The van der Waals surface area contributed by atoms with Crippen molar-refractivity contribution in [2.45, 2.75) is 85.2 Å². The first-order chi connectivity index (χ1) is 18.7. The quantitative estimate of drug-likeness (QED) is 0.175. The fourth-order valence-electron chi connectivity index (χ4n) is 5.09. The second kappa shape index (κ2) is 16.5. The zero-order chi connectivity index (χ0) is 27.2. The fraction of sp³-hybridized carbons (Fsp3) is 0.600. The highest BCUT2D eigenvalue weighted by molar-refractivity contribution is 7.09. The molecule has 0 amide bonds. The van der Waals surface area contributed by atoms with E-state index >= 15 is 0 Å². The van der Waals surface area contributed by atoms with Gasteiger partial charge in [0, 0.05) is 44.0 Å².